The van der Waals surface area contributed by atoms with Crippen molar-refractivity contribution in [1.82, 2.24) is 0 Å². The lowest BCUT2D eigenvalue weighted by molar-refractivity contribution is 0.443. The number of hydrogen-bond acceptors (Lipinski definition) is 3. The van der Waals surface area contributed by atoms with E-state index in [-0.39, 0.29) is 5.75 Å². The summed E-state index contributed by atoms with van der Waals surface area (Å²) in [5.41, 5.74) is 0.790. The highest BCUT2D eigenvalue weighted by Crippen LogP contribution is 2.32. The molecule has 0 amide bonds. The summed E-state index contributed by atoms with van der Waals surface area (Å²) in [5, 5.41) is 12.4. The number of thiol groups is 1. The maximum Gasteiger partial charge on any atom is 0.138 e. The zero-order chi connectivity index (χ0) is 13.9. The Hall–Kier alpha value is -1.48. The second-order valence-electron chi connectivity index (χ2n) is 5.45. The van der Waals surface area contributed by atoms with E-state index in [1.807, 2.05) is 36.5 Å². The third kappa shape index (κ3) is 2.68. The highest BCUT2D eigenvalue weighted by Gasteiger charge is 2.13. The molecule has 2 aromatic carbocycles. The fourth-order valence-electron chi connectivity index (χ4n) is 2.89. The van der Waals surface area contributed by atoms with Crippen molar-refractivity contribution in [3.8, 4) is 5.75 Å². The minimum atomic E-state index is 0.228. The van der Waals surface area contributed by atoms with E-state index in [0.29, 0.717) is 10.9 Å². The van der Waals surface area contributed by atoms with Crippen LogP contribution in [0.3, 0.4) is 0 Å². The molecular weight excluding hydrogens is 266 g/mol. The second kappa shape index (κ2) is 5.88. The van der Waals surface area contributed by atoms with E-state index in [0.717, 1.165) is 29.2 Å². The normalized spacial score (nSPS) is 17.1. The molecule has 1 aliphatic carbocycles. The minimum Gasteiger partial charge on any atom is -0.506 e. The third-order valence-electron chi connectivity index (χ3n) is 4.03. The molecule has 2 nitrogen and oxygen atoms in total. The molecule has 3 heteroatoms. The second-order valence-corrected chi connectivity index (χ2v) is 5.93. The van der Waals surface area contributed by atoms with Crippen molar-refractivity contribution < 1.29 is 5.11 Å². The van der Waals surface area contributed by atoms with E-state index in [2.05, 4.69) is 17.6 Å². The van der Waals surface area contributed by atoms with Gasteiger partial charge in [0, 0.05) is 22.7 Å². The third-order valence-corrected chi connectivity index (χ3v) is 4.37. The first-order valence-corrected chi connectivity index (χ1v) is 7.67. The van der Waals surface area contributed by atoms with Crippen LogP contribution in [0, 0.1) is 0 Å². The first-order chi connectivity index (χ1) is 9.75. The average Bonchev–Trinajstić information content (AvgIpc) is 2.49. The maximum absolute atomic E-state index is 10.3. The first-order valence-electron chi connectivity index (χ1n) is 7.22. The van der Waals surface area contributed by atoms with Gasteiger partial charge in [0.2, 0.25) is 0 Å². The molecule has 0 saturated heterocycles. The number of phenols is 1. The molecule has 0 bridgehead atoms. The summed E-state index contributed by atoms with van der Waals surface area (Å²) >= 11 is 4.35. The van der Waals surface area contributed by atoms with Crippen molar-refractivity contribution >= 4 is 29.6 Å². The van der Waals surface area contributed by atoms with Crippen LogP contribution >= 0.6 is 12.6 Å². The number of rotatable bonds is 2. The summed E-state index contributed by atoms with van der Waals surface area (Å²) in [5.74, 6) is 0.228. The van der Waals surface area contributed by atoms with E-state index in [9.17, 15) is 5.11 Å². The fourth-order valence-corrected chi connectivity index (χ4v) is 3.15. The highest BCUT2D eigenvalue weighted by atomic mass is 32.1. The molecule has 1 fully saturated rings. The van der Waals surface area contributed by atoms with Crippen molar-refractivity contribution in [2.24, 2.45) is 4.99 Å². The molecule has 20 heavy (non-hydrogen) atoms. The zero-order valence-corrected chi connectivity index (χ0v) is 12.3. The van der Waals surface area contributed by atoms with Gasteiger partial charge in [-0.1, -0.05) is 43.5 Å². The molecule has 0 radical (unpaired) electrons. The Morgan fingerprint density at radius 2 is 1.90 bits per heavy atom. The molecule has 104 valence electrons. The summed E-state index contributed by atoms with van der Waals surface area (Å²) in [4.78, 5) is 5.29. The van der Waals surface area contributed by atoms with E-state index in [1.54, 1.807) is 0 Å². The zero-order valence-electron chi connectivity index (χ0n) is 11.4. The van der Waals surface area contributed by atoms with Crippen LogP contribution in [-0.4, -0.2) is 17.4 Å². The van der Waals surface area contributed by atoms with E-state index < -0.39 is 0 Å². The average molecular weight is 285 g/mol. The maximum atomic E-state index is 10.3. The van der Waals surface area contributed by atoms with Crippen molar-refractivity contribution in [2.75, 3.05) is 0 Å². The summed E-state index contributed by atoms with van der Waals surface area (Å²) in [7, 11) is 0. The Bertz CT molecular complexity index is 645. The predicted octanol–water partition coefficient (Wildman–Crippen LogP) is 4.59. The van der Waals surface area contributed by atoms with E-state index in [4.69, 9.17) is 0 Å². The van der Waals surface area contributed by atoms with Gasteiger partial charge in [-0.25, -0.2) is 0 Å². The summed E-state index contributed by atoms with van der Waals surface area (Å²) in [6, 6.07) is 10.3. The Labute approximate surface area is 125 Å². The number of benzene rings is 2. The van der Waals surface area contributed by atoms with Gasteiger partial charge in [0.25, 0.3) is 0 Å². The first kappa shape index (κ1) is 13.5. The smallest absolute Gasteiger partial charge is 0.138 e. The van der Waals surface area contributed by atoms with Gasteiger partial charge in [0.1, 0.15) is 5.75 Å². The van der Waals surface area contributed by atoms with Crippen molar-refractivity contribution in [3.63, 3.8) is 0 Å². The molecule has 1 N–H and O–H groups in total. The van der Waals surface area contributed by atoms with Gasteiger partial charge in [-0.15, -0.1) is 12.6 Å². The van der Waals surface area contributed by atoms with Crippen LogP contribution in [-0.2, 0) is 0 Å². The summed E-state index contributed by atoms with van der Waals surface area (Å²) < 4.78 is 0. The number of fused-ring (bicyclic) bond motifs is 1. The highest BCUT2D eigenvalue weighted by molar-refractivity contribution is 7.80. The molecular formula is C17H19NOS. The standard InChI is InChI=1S/C17H19NOS/c19-17-15(11-18-13-7-2-1-3-8-13)14-9-5-4-6-12(14)10-16(17)20/h4-6,9-11,13,19-20H,1-3,7-8H2. The Balaban J connectivity index is 2.01. The van der Waals surface area contributed by atoms with Gasteiger partial charge in [-0.2, -0.15) is 0 Å². The van der Waals surface area contributed by atoms with Crippen LogP contribution in [0.25, 0.3) is 10.8 Å². The van der Waals surface area contributed by atoms with Crippen molar-refractivity contribution in [2.45, 2.75) is 43.0 Å². The molecule has 0 spiro atoms. The van der Waals surface area contributed by atoms with Gasteiger partial charge in [-0.05, 0) is 29.7 Å². The number of phenolic OH excluding ortho intramolecular Hbond substituents is 1. The van der Waals surface area contributed by atoms with Crippen LogP contribution in [0.2, 0.25) is 0 Å². The minimum absolute atomic E-state index is 0.228. The Morgan fingerprint density at radius 3 is 2.70 bits per heavy atom. The van der Waals surface area contributed by atoms with Gasteiger partial charge in [-0.3, -0.25) is 4.99 Å². The van der Waals surface area contributed by atoms with Crippen LogP contribution in [0.5, 0.6) is 5.75 Å². The lowest BCUT2D eigenvalue weighted by Gasteiger charge is -2.17. The molecule has 0 atom stereocenters. The summed E-state index contributed by atoms with van der Waals surface area (Å²) in [6.07, 6.45) is 8.02. The summed E-state index contributed by atoms with van der Waals surface area (Å²) in [6.45, 7) is 0. The molecule has 2 aromatic rings. The van der Waals surface area contributed by atoms with Gasteiger partial charge in [0.05, 0.1) is 0 Å². The van der Waals surface area contributed by atoms with Crippen molar-refractivity contribution in [1.29, 1.82) is 0 Å². The largest absolute Gasteiger partial charge is 0.506 e. The molecule has 0 unspecified atom stereocenters. The molecule has 0 aliphatic heterocycles. The SMILES string of the molecule is Oc1c(S)cc2ccccc2c1C=NC1CCCCC1. The van der Waals surface area contributed by atoms with Crippen LogP contribution in [0.15, 0.2) is 40.2 Å². The van der Waals surface area contributed by atoms with Crippen LogP contribution in [0.4, 0.5) is 0 Å². The van der Waals surface area contributed by atoms with Gasteiger partial charge >= 0.3 is 0 Å². The molecule has 0 aromatic heterocycles. The molecule has 0 heterocycles. The van der Waals surface area contributed by atoms with Crippen LogP contribution < -0.4 is 0 Å². The van der Waals surface area contributed by atoms with E-state index >= 15 is 0 Å². The molecule has 1 aliphatic rings. The topological polar surface area (TPSA) is 32.6 Å². The molecule has 1 saturated carbocycles. The number of hydrogen-bond donors (Lipinski definition) is 2. The Kier molecular flexibility index (Phi) is 3.97. The van der Waals surface area contributed by atoms with Crippen LogP contribution in [0.1, 0.15) is 37.7 Å². The fraction of sp³-hybridized carbons (Fsp3) is 0.353. The number of aliphatic imine (C=N–C) groups is 1. The monoisotopic (exact) mass is 285 g/mol. The molecule has 3 rings (SSSR count). The van der Waals surface area contributed by atoms with E-state index in [1.165, 1.54) is 19.3 Å². The lowest BCUT2D eigenvalue weighted by atomic mass is 9.96. The Morgan fingerprint density at radius 1 is 1.15 bits per heavy atom. The van der Waals surface area contributed by atoms with Gasteiger partial charge in [0.15, 0.2) is 0 Å². The van der Waals surface area contributed by atoms with Gasteiger partial charge < -0.3 is 5.11 Å². The quantitative estimate of drug-likeness (QED) is 0.614. The number of aromatic hydroxyl groups is 1. The number of nitrogens with zero attached hydrogens (tertiary/aromatic N) is 1. The predicted molar refractivity (Wildman–Crippen MR) is 87.3 cm³/mol. The lowest BCUT2D eigenvalue weighted by Crippen LogP contribution is -2.09. The van der Waals surface area contributed by atoms with Crippen molar-refractivity contribution in [3.05, 3.63) is 35.9 Å².